The quantitative estimate of drug-likeness (QED) is 0.450. The summed E-state index contributed by atoms with van der Waals surface area (Å²) in [5, 5.41) is 4.70. The van der Waals surface area contributed by atoms with Gasteiger partial charge in [-0.25, -0.2) is 4.98 Å². The van der Waals surface area contributed by atoms with Crippen LogP contribution in [0.15, 0.2) is 34.6 Å². The lowest BCUT2D eigenvalue weighted by Gasteiger charge is -2.16. The topological polar surface area (TPSA) is 97.0 Å². The standard InChI is InChI=1S/C22H28N4O3S/c1-3-7-15(8-6-13-29-2)10-12-24-21(27)16-14-30-19-18(16)25-20(26-22(19)28)17-9-4-5-11-23-17/h4-5,9,11,14-15H,3,6-8,10,12-13H2,1-2H3,(H,24,27)(H,25,26,28). The number of fused-ring (bicyclic) bond motifs is 1. The molecular formula is C22H28N4O3S. The minimum atomic E-state index is -0.258. The van der Waals surface area contributed by atoms with Crippen LogP contribution in [0.5, 0.6) is 0 Å². The molecular weight excluding hydrogens is 400 g/mol. The van der Waals surface area contributed by atoms with Crippen molar-refractivity contribution in [3.63, 3.8) is 0 Å². The van der Waals surface area contributed by atoms with Crippen LogP contribution in [-0.4, -0.2) is 41.1 Å². The summed E-state index contributed by atoms with van der Waals surface area (Å²) >= 11 is 1.23. The Morgan fingerprint density at radius 2 is 2.17 bits per heavy atom. The van der Waals surface area contributed by atoms with Crippen LogP contribution in [0.1, 0.15) is 49.4 Å². The first-order valence-electron chi connectivity index (χ1n) is 10.3. The van der Waals surface area contributed by atoms with Crippen LogP contribution < -0.4 is 10.9 Å². The van der Waals surface area contributed by atoms with E-state index >= 15 is 0 Å². The van der Waals surface area contributed by atoms with Crippen molar-refractivity contribution in [2.75, 3.05) is 20.3 Å². The van der Waals surface area contributed by atoms with Gasteiger partial charge in [-0.2, -0.15) is 0 Å². The van der Waals surface area contributed by atoms with Gasteiger partial charge in [-0.15, -0.1) is 11.3 Å². The molecule has 0 spiro atoms. The Balaban J connectivity index is 1.70. The Labute approximate surface area is 179 Å². The Bertz CT molecular complexity index is 1020. The highest BCUT2D eigenvalue weighted by Crippen LogP contribution is 2.23. The van der Waals surface area contributed by atoms with Gasteiger partial charge in [0.2, 0.25) is 0 Å². The van der Waals surface area contributed by atoms with E-state index in [1.54, 1.807) is 30.8 Å². The number of amides is 1. The van der Waals surface area contributed by atoms with Gasteiger partial charge in [-0.3, -0.25) is 14.6 Å². The second-order valence-corrected chi connectivity index (χ2v) is 8.17. The summed E-state index contributed by atoms with van der Waals surface area (Å²) in [6, 6.07) is 5.39. The van der Waals surface area contributed by atoms with Crippen LogP contribution in [0.3, 0.4) is 0 Å². The monoisotopic (exact) mass is 428 g/mol. The Morgan fingerprint density at radius 1 is 1.30 bits per heavy atom. The van der Waals surface area contributed by atoms with Crippen molar-refractivity contribution in [1.29, 1.82) is 0 Å². The lowest BCUT2D eigenvalue weighted by molar-refractivity contribution is 0.0952. The highest BCUT2D eigenvalue weighted by Gasteiger charge is 2.18. The van der Waals surface area contributed by atoms with Crippen LogP contribution in [0.4, 0.5) is 0 Å². The molecule has 8 heteroatoms. The first kappa shape index (κ1) is 22.1. The molecule has 1 unspecified atom stereocenters. The number of carbonyl (C=O) groups excluding carboxylic acids is 1. The van der Waals surface area contributed by atoms with Crippen LogP contribution in [0, 0.1) is 5.92 Å². The van der Waals surface area contributed by atoms with E-state index < -0.39 is 0 Å². The number of hydrogen-bond acceptors (Lipinski definition) is 6. The highest BCUT2D eigenvalue weighted by atomic mass is 32.1. The summed E-state index contributed by atoms with van der Waals surface area (Å²) in [4.78, 5) is 36.8. The second kappa shape index (κ2) is 11.0. The van der Waals surface area contributed by atoms with E-state index in [4.69, 9.17) is 4.74 Å². The Kier molecular flexibility index (Phi) is 8.10. The normalized spacial score (nSPS) is 12.2. The maximum atomic E-state index is 12.8. The molecule has 0 aromatic carbocycles. The van der Waals surface area contributed by atoms with Gasteiger partial charge in [-0.05, 0) is 37.3 Å². The first-order chi connectivity index (χ1) is 14.6. The number of pyridine rings is 1. The fourth-order valence-corrected chi connectivity index (χ4v) is 4.44. The van der Waals surface area contributed by atoms with Crippen LogP contribution >= 0.6 is 11.3 Å². The van der Waals surface area contributed by atoms with E-state index in [9.17, 15) is 9.59 Å². The Morgan fingerprint density at radius 3 is 2.90 bits per heavy atom. The second-order valence-electron chi connectivity index (χ2n) is 7.29. The van der Waals surface area contributed by atoms with Crippen molar-refractivity contribution >= 4 is 27.5 Å². The van der Waals surface area contributed by atoms with Gasteiger partial charge in [-0.1, -0.05) is 25.8 Å². The average Bonchev–Trinajstić information content (AvgIpc) is 3.19. The van der Waals surface area contributed by atoms with Crippen molar-refractivity contribution in [1.82, 2.24) is 20.3 Å². The summed E-state index contributed by atoms with van der Waals surface area (Å²) in [6.45, 7) is 3.55. The fourth-order valence-electron chi connectivity index (χ4n) is 3.56. The number of rotatable bonds is 11. The zero-order valence-electron chi connectivity index (χ0n) is 17.4. The SMILES string of the molecule is CCCC(CCCOC)CCNC(=O)c1csc2c(=O)[nH]c(-c3ccccn3)nc12. The minimum Gasteiger partial charge on any atom is -0.385 e. The zero-order valence-corrected chi connectivity index (χ0v) is 18.3. The van der Waals surface area contributed by atoms with E-state index in [0.717, 1.165) is 38.7 Å². The van der Waals surface area contributed by atoms with E-state index in [1.165, 1.54) is 11.3 Å². The van der Waals surface area contributed by atoms with Crippen LogP contribution in [0.25, 0.3) is 21.7 Å². The number of methoxy groups -OCH3 is 1. The summed E-state index contributed by atoms with van der Waals surface area (Å²) in [6.07, 6.45) is 6.98. The molecule has 0 saturated carbocycles. The molecule has 3 rings (SSSR count). The van der Waals surface area contributed by atoms with Crippen molar-refractivity contribution in [3.8, 4) is 11.5 Å². The Hall–Kier alpha value is -2.58. The minimum absolute atomic E-state index is 0.196. The molecule has 160 valence electrons. The number of aromatic amines is 1. The molecule has 0 aliphatic carbocycles. The van der Waals surface area contributed by atoms with Gasteiger partial charge < -0.3 is 15.0 Å². The van der Waals surface area contributed by atoms with E-state index in [1.807, 2.05) is 6.07 Å². The predicted molar refractivity (Wildman–Crippen MR) is 120 cm³/mol. The summed E-state index contributed by atoms with van der Waals surface area (Å²) in [5.41, 5.74) is 1.16. The van der Waals surface area contributed by atoms with Gasteiger partial charge in [0.1, 0.15) is 15.9 Å². The van der Waals surface area contributed by atoms with Crippen LogP contribution in [0.2, 0.25) is 0 Å². The highest BCUT2D eigenvalue weighted by molar-refractivity contribution is 7.17. The summed E-state index contributed by atoms with van der Waals surface area (Å²) < 4.78 is 5.59. The van der Waals surface area contributed by atoms with Gasteiger partial charge >= 0.3 is 0 Å². The van der Waals surface area contributed by atoms with E-state index in [2.05, 4.69) is 27.2 Å². The number of ether oxygens (including phenoxy) is 1. The lowest BCUT2D eigenvalue weighted by atomic mass is 9.94. The number of carbonyl (C=O) groups is 1. The van der Waals surface area contributed by atoms with Gasteiger partial charge in [0.15, 0.2) is 5.82 Å². The third-order valence-electron chi connectivity index (χ3n) is 5.07. The third-order valence-corrected chi connectivity index (χ3v) is 6.04. The number of aromatic nitrogens is 3. The molecule has 1 amide bonds. The maximum absolute atomic E-state index is 12.8. The molecule has 30 heavy (non-hydrogen) atoms. The van der Waals surface area contributed by atoms with Gasteiger partial charge in [0, 0.05) is 31.8 Å². The number of H-pyrrole nitrogens is 1. The largest absolute Gasteiger partial charge is 0.385 e. The molecule has 1 atom stereocenters. The molecule has 0 aliphatic rings. The molecule has 0 saturated heterocycles. The molecule has 2 N–H and O–H groups in total. The molecule has 0 bridgehead atoms. The fraction of sp³-hybridized carbons (Fsp3) is 0.455. The van der Waals surface area contributed by atoms with Gasteiger partial charge in [0.05, 0.1) is 5.56 Å². The molecule has 0 aliphatic heterocycles. The number of nitrogens with zero attached hydrogens (tertiary/aromatic N) is 2. The van der Waals surface area contributed by atoms with E-state index in [0.29, 0.717) is 39.8 Å². The summed E-state index contributed by atoms with van der Waals surface area (Å²) in [5.74, 6) is 0.738. The maximum Gasteiger partial charge on any atom is 0.269 e. The van der Waals surface area contributed by atoms with Gasteiger partial charge in [0.25, 0.3) is 11.5 Å². The lowest BCUT2D eigenvalue weighted by Crippen LogP contribution is -2.26. The first-order valence-corrected chi connectivity index (χ1v) is 11.2. The number of thiophene rings is 1. The van der Waals surface area contributed by atoms with Crippen molar-refractivity contribution < 1.29 is 9.53 Å². The average molecular weight is 429 g/mol. The molecule has 3 heterocycles. The molecule has 0 fully saturated rings. The van der Waals surface area contributed by atoms with Crippen molar-refractivity contribution in [2.45, 2.75) is 39.0 Å². The molecule has 7 nitrogen and oxygen atoms in total. The number of nitrogens with one attached hydrogen (secondary N) is 2. The third kappa shape index (κ3) is 5.52. The smallest absolute Gasteiger partial charge is 0.269 e. The van der Waals surface area contributed by atoms with Crippen molar-refractivity contribution in [2.24, 2.45) is 5.92 Å². The predicted octanol–water partition coefficient (Wildman–Crippen LogP) is 4.01. The summed E-state index contributed by atoms with van der Waals surface area (Å²) in [7, 11) is 1.72. The molecule has 0 radical (unpaired) electrons. The molecule has 3 aromatic heterocycles. The van der Waals surface area contributed by atoms with Crippen molar-refractivity contribution in [3.05, 3.63) is 45.7 Å². The zero-order chi connectivity index (χ0) is 21.3. The van der Waals surface area contributed by atoms with E-state index in [-0.39, 0.29) is 11.5 Å². The molecule has 3 aromatic rings. The van der Waals surface area contributed by atoms with Crippen LogP contribution in [-0.2, 0) is 4.74 Å². The number of hydrogen-bond donors (Lipinski definition) is 2.